The quantitative estimate of drug-likeness (QED) is 0.868. The first-order valence-corrected chi connectivity index (χ1v) is 7.67. The fourth-order valence-corrected chi connectivity index (χ4v) is 2.99. The minimum absolute atomic E-state index is 0.324. The highest BCUT2D eigenvalue weighted by Gasteiger charge is 2.15. The summed E-state index contributed by atoms with van der Waals surface area (Å²) in [7, 11) is 1.86. The van der Waals surface area contributed by atoms with E-state index in [1.54, 1.807) is 0 Å². The van der Waals surface area contributed by atoms with Crippen LogP contribution in [0.2, 0.25) is 5.02 Å². The third-order valence-corrected chi connectivity index (χ3v) is 4.16. The molecule has 20 heavy (non-hydrogen) atoms. The minimum atomic E-state index is 0.324. The summed E-state index contributed by atoms with van der Waals surface area (Å²) in [5.41, 5.74) is 2.04. The molecular weight excluding hydrogens is 338 g/mol. The molecule has 0 aliphatic heterocycles. The van der Waals surface area contributed by atoms with Crippen LogP contribution < -0.4 is 5.32 Å². The van der Waals surface area contributed by atoms with E-state index in [0.717, 1.165) is 32.4 Å². The zero-order chi connectivity index (χ0) is 14.7. The Morgan fingerprint density at radius 2 is 1.95 bits per heavy atom. The Hall–Kier alpha value is -1.13. The molecule has 0 radical (unpaired) electrons. The predicted octanol–water partition coefficient (Wildman–Crippen LogP) is 4.65. The summed E-state index contributed by atoms with van der Waals surface area (Å²) in [6, 6.07) is 7.79. The highest BCUT2D eigenvalue weighted by molar-refractivity contribution is 9.10. The molecule has 1 heterocycles. The molecule has 2 rings (SSSR count). The van der Waals surface area contributed by atoms with Gasteiger partial charge in [0.15, 0.2) is 0 Å². The lowest BCUT2D eigenvalue weighted by molar-refractivity contribution is 0.785. The van der Waals surface area contributed by atoms with E-state index >= 15 is 0 Å². The first-order valence-electron chi connectivity index (χ1n) is 6.50. The maximum atomic E-state index is 6.20. The van der Waals surface area contributed by atoms with Gasteiger partial charge in [-0.1, -0.05) is 43.6 Å². The first kappa shape index (κ1) is 15.3. The summed E-state index contributed by atoms with van der Waals surface area (Å²) in [6.45, 7) is 4.23. The lowest BCUT2D eigenvalue weighted by atomic mass is 10.1. The van der Waals surface area contributed by atoms with Crippen molar-refractivity contribution in [3.63, 3.8) is 0 Å². The van der Waals surface area contributed by atoms with Crippen LogP contribution in [0.3, 0.4) is 0 Å². The lowest BCUT2D eigenvalue weighted by Crippen LogP contribution is -2.07. The molecule has 0 saturated heterocycles. The number of hydrogen-bond acceptors (Lipinski definition) is 3. The molecule has 0 aliphatic carbocycles. The molecule has 0 bridgehead atoms. The zero-order valence-electron chi connectivity index (χ0n) is 11.7. The van der Waals surface area contributed by atoms with Crippen molar-refractivity contribution in [3.8, 4) is 0 Å². The number of nitrogens with one attached hydrogen (secondary N) is 1. The van der Waals surface area contributed by atoms with E-state index in [1.807, 2.05) is 31.3 Å². The van der Waals surface area contributed by atoms with Crippen molar-refractivity contribution in [2.75, 3.05) is 12.4 Å². The lowest BCUT2D eigenvalue weighted by Gasteiger charge is -2.13. The number of anilines is 1. The van der Waals surface area contributed by atoms with E-state index in [4.69, 9.17) is 11.6 Å². The summed E-state index contributed by atoms with van der Waals surface area (Å²) in [5, 5.41) is 3.85. The largest absolute Gasteiger partial charge is 0.372 e. The molecule has 5 heteroatoms. The normalized spacial score (nSPS) is 10.9. The fraction of sp³-hybridized carbons (Fsp3) is 0.333. The summed E-state index contributed by atoms with van der Waals surface area (Å²) < 4.78 is 0.929. The van der Waals surface area contributed by atoms with Gasteiger partial charge in [0, 0.05) is 18.5 Å². The van der Waals surface area contributed by atoms with Gasteiger partial charge >= 0.3 is 0 Å². The van der Waals surface area contributed by atoms with Gasteiger partial charge in [0.1, 0.15) is 11.6 Å². The molecule has 0 unspecified atom stereocenters. The molecule has 0 amide bonds. The van der Waals surface area contributed by atoms with Crippen LogP contribution in [0.15, 0.2) is 28.7 Å². The Morgan fingerprint density at radius 3 is 2.55 bits per heavy atom. The Balaban J connectivity index is 2.42. The number of hydrogen-bond donors (Lipinski definition) is 1. The average molecular weight is 355 g/mol. The van der Waals surface area contributed by atoms with E-state index in [0.29, 0.717) is 12.3 Å². The van der Waals surface area contributed by atoms with Crippen molar-refractivity contribution in [2.24, 2.45) is 0 Å². The van der Waals surface area contributed by atoms with Crippen molar-refractivity contribution in [1.29, 1.82) is 0 Å². The summed E-state index contributed by atoms with van der Waals surface area (Å²) in [6.07, 6.45) is 0.626. The minimum Gasteiger partial charge on any atom is -0.372 e. The zero-order valence-corrected chi connectivity index (χ0v) is 14.1. The third kappa shape index (κ3) is 3.30. The molecule has 1 N–H and O–H groups in total. The van der Waals surface area contributed by atoms with E-state index in [2.05, 4.69) is 45.1 Å². The van der Waals surface area contributed by atoms with Crippen molar-refractivity contribution < 1.29 is 0 Å². The van der Waals surface area contributed by atoms with Gasteiger partial charge in [-0.05, 0) is 33.5 Å². The third-order valence-electron chi connectivity index (χ3n) is 3.01. The Morgan fingerprint density at radius 1 is 1.25 bits per heavy atom. The van der Waals surface area contributed by atoms with Crippen LogP contribution in [-0.2, 0) is 6.42 Å². The molecule has 106 valence electrons. The SMILES string of the molecule is CNc1nc(Cc2ccccc2Cl)nc(C(C)C)c1Br. The summed E-state index contributed by atoms with van der Waals surface area (Å²) in [5.74, 6) is 1.91. The first-order chi connectivity index (χ1) is 9.52. The number of aromatic nitrogens is 2. The van der Waals surface area contributed by atoms with Crippen LogP contribution in [-0.4, -0.2) is 17.0 Å². The van der Waals surface area contributed by atoms with E-state index < -0.39 is 0 Å². The second-order valence-corrected chi connectivity index (χ2v) is 6.06. The second-order valence-electron chi connectivity index (χ2n) is 4.86. The van der Waals surface area contributed by atoms with Crippen LogP contribution in [0.1, 0.15) is 36.8 Å². The van der Waals surface area contributed by atoms with E-state index in [1.165, 1.54) is 0 Å². The number of benzene rings is 1. The fourth-order valence-electron chi connectivity index (χ4n) is 1.95. The maximum absolute atomic E-state index is 6.20. The molecule has 0 fully saturated rings. The second kappa shape index (κ2) is 6.55. The molecule has 0 atom stereocenters. The number of rotatable bonds is 4. The van der Waals surface area contributed by atoms with Crippen molar-refractivity contribution in [3.05, 3.63) is 50.8 Å². The van der Waals surface area contributed by atoms with Gasteiger partial charge in [0.2, 0.25) is 0 Å². The van der Waals surface area contributed by atoms with Crippen molar-refractivity contribution in [2.45, 2.75) is 26.2 Å². The molecular formula is C15H17BrClN3. The summed E-state index contributed by atoms with van der Waals surface area (Å²) >= 11 is 9.76. The van der Waals surface area contributed by atoms with Gasteiger partial charge in [0.25, 0.3) is 0 Å². The van der Waals surface area contributed by atoms with E-state index in [-0.39, 0.29) is 0 Å². The number of halogens is 2. The molecule has 0 aliphatic rings. The summed E-state index contributed by atoms with van der Waals surface area (Å²) in [4.78, 5) is 9.20. The van der Waals surface area contributed by atoms with Gasteiger partial charge in [-0.15, -0.1) is 0 Å². The molecule has 0 saturated carbocycles. The molecule has 1 aromatic carbocycles. The molecule has 0 spiro atoms. The smallest absolute Gasteiger partial charge is 0.144 e. The molecule has 1 aromatic heterocycles. The Labute approximate surface area is 132 Å². The topological polar surface area (TPSA) is 37.8 Å². The molecule has 2 aromatic rings. The highest BCUT2D eigenvalue weighted by Crippen LogP contribution is 2.29. The van der Waals surface area contributed by atoms with Crippen LogP contribution in [0.25, 0.3) is 0 Å². The van der Waals surface area contributed by atoms with Gasteiger partial charge in [-0.3, -0.25) is 0 Å². The molecule has 3 nitrogen and oxygen atoms in total. The Bertz CT molecular complexity index is 614. The van der Waals surface area contributed by atoms with Crippen LogP contribution in [0, 0.1) is 0 Å². The monoisotopic (exact) mass is 353 g/mol. The van der Waals surface area contributed by atoms with Crippen LogP contribution in [0.5, 0.6) is 0 Å². The Kier molecular flexibility index (Phi) is 5.00. The predicted molar refractivity (Wildman–Crippen MR) is 87.6 cm³/mol. The highest BCUT2D eigenvalue weighted by atomic mass is 79.9. The van der Waals surface area contributed by atoms with Crippen LogP contribution in [0.4, 0.5) is 5.82 Å². The maximum Gasteiger partial charge on any atom is 0.144 e. The van der Waals surface area contributed by atoms with Gasteiger partial charge in [-0.2, -0.15) is 0 Å². The van der Waals surface area contributed by atoms with Crippen LogP contribution >= 0.6 is 27.5 Å². The standard InChI is InChI=1S/C15H17BrClN3/c1-9(2)14-13(16)15(18-3)20-12(19-14)8-10-6-4-5-7-11(10)17/h4-7,9H,8H2,1-3H3,(H,18,19,20). The van der Waals surface area contributed by atoms with Gasteiger partial charge < -0.3 is 5.32 Å². The number of nitrogens with zero attached hydrogens (tertiary/aromatic N) is 2. The van der Waals surface area contributed by atoms with Gasteiger partial charge in [0.05, 0.1) is 10.2 Å². The van der Waals surface area contributed by atoms with Crippen molar-refractivity contribution >= 4 is 33.3 Å². The van der Waals surface area contributed by atoms with Crippen molar-refractivity contribution in [1.82, 2.24) is 9.97 Å². The average Bonchev–Trinajstić information content (AvgIpc) is 2.42. The van der Waals surface area contributed by atoms with Gasteiger partial charge in [-0.25, -0.2) is 9.97 Å². The van der Waals surface area contributed by atoms with E-state index in [9.17, 15) is 0 Å².